The molecule has 16 heavy (non-hydrogen) atoms. The molecule has 1 fully saturated rings. The first kappa shape index (κ1) is 11.6. The smallest absolute Gasteiger partial charge is 0.0771 e. The molecule has 3 nitrogen and oxygen atoms in total. The lowest BCUT2D eigenvalue weighted by molar-refractivity contribution is 0.0453. The van der Waals surface area contributed by atoms with E-state index in [1.807, 2.05) is 12.3 Å². The highest BCUT2D eigenvalue weighted by molar-refractivity contribution is 5.12. The molecule has 0 spiro atoms. The van der Waals surface area contributed by atoms with Gasteiger partial charge in [0.15, 0.2) is 0 Å². The number of aromatic nitrogens is 1. The fourth-order valence-electron chi connectivity index (χ4n) is 2.30. The van der Waals surface area contributed by atoms with E-state index in [0.717, 1.165) is 25.7 Å². The van der Waals surface area contributed by atoms with E-state index in [9.17, 15) is 5.11 Å². The Balaban J connectivity index is 1.86. The second-order valence-corrected chi connectivity index (χ2v) is 4.82. The van der Waals surface area contributed by atoms with Gasteiger partial charge < -0.3 is 10.4 Å². The van der Waals surface area contributed by atoms with Crippen LogP contribution < -0.4 is 5.32 Å². The average Bonchev–Trinajstić information content (AvgIpc) is 2.75. The van der Waals surface area contributed by atoms with E-state index in [4.69, 9.17) is 0 Å². The predicted octanol–water partition coefficient (Wildman–Crippen LogP) is 2.04. The van der Waals surface area contributed by atoms with Crippen molar-refractivity contribution in [2.24, 2.45) is 0 Å². The van der Waals surface area contributed by atoms with Gasteiger partial charge in [-0.05, 0) is 31.4 Å². The lowest BCUT2D eigenvalue weighted by Crippen LogP contribution is -2.39. The Hall–Kier alpha value is -0.930. The van der Waals surface area contributed by atoms with E-state index < -0.39 is 5.60 Å². The zero-order chi connectivity index (χ0) is 11.4. The second-order valence-electron chi connectivity index (χ2n) is 4.82. The van der Waals surface area contributed by atoms with Crippen molar-refractivity contribution in [2.75, 3.05) is 6.54 Å². The van der Waals surface area contributed by atoms with Crippen molar-refractivity contribution in [1.82, 2.24) is 10.3 Å². The van der Waals surface area contributed by atoms with Crippen molar-refractivity contribution in [1.29, 1.82) is 0 Å². The molecule has 0 amide bonds. The molecule has 0 radical (unpaired) electrons. The highest BCUT2D eigenvalue weighted by Gasteiger charge is 2.30. The predicted molar refractivity (Wildman–Crippen MR) is 64.1 cm³/mol. The zero-order valence-corrected chi connectivity index (χ0v) is 9.82. The van der Waals surface area contributed by atoms with Crippen molar-refractivity contribution >= 4 is 0 Å². The van der Waals surface area contributed by atoms with Gasteiger partial charge in [0.05, 0.1) is 5.60 Å². The Labute approximate surface area is 96.9 Å². The van der Waals surface area contributed by atoms with E-state index in [-0.39, 0.29) is 6.04 Å². The summed E-state index contributed by atoms with van der Waals surface area (Å²) in [5, 5.41) is 13.6. The number of aliphatic hydroxyl groups is 1. The summed E-state index contributed by atoms with van der Waals surface area (Å²) in [6.07, 6.45) is 7.81. The lowest BCUT2D eigenvalue weighted by atomic mass is 10.0. The summed E-state index contributed by atoms with van der Waals surface area (Å²) < 4.78 is 0. The molecule has 88 valence electrons. The number of rotatable bonds is 4. The van der Waals surface area contributed by atoms with Crippen molar-refractivity contribution in [3.05, 3.63) is 30.1 Å². The fourth-order valence-corrected chi connectivity index (χ4v) is 2.30. The first-order valence-electron chi connectivity index (χ1n) is 6.05. The highest BCUT2D eigenvalue weighted by atomic mass is 16.3. The maximum atomic E-state index is 10.2. The Morgan fingerprint density at radius 2 is 2.25 bits per heavy atom. The molecule has 1 heterocycles. The van der Waals surface area contributed by atoms with Crippen molar-refractivity contribution in [3.8, 4) is 0 Å². The van der Waals surface area contributed by atoms with Gasteiger partial charge in [-0.3, -0.25) is 4.98 Å². The van der Waals surface area contributed by atoms with Crippen LogP contribution in [-0.4, -0.2) is 22.2 Å². The molecule has 0 aliphatic heterocycles. The standard InChI is InChI=1S/C13H20N2O/c1-11(12-5-4-8-14-9-12)15-10-13(16)6-2-3-7-13/h4-5,8-9,11,15-16H,2-3,6-7,10H2,1H3/t11-/m1/s1. The topological polar surface area (TPSA) is 45.1 Å². The maximum absolute atomic E-state index is 10.2. The Bertz CT molecular complexity index is 320. The third kappa shape index (κ3) is 2.80. The summed E-state index contributed by atoms with van der Waals surface area (Å²) in [5.74, 6) is 0. The third-order valence-electron chi connectivity index (χ3n) is 3.46. The minimum absolute atomic E-state index is 0.248. The van der Waals surface area contributed by atoms with Gasteiger partial charge in [0.25, 0.3) is 0 Å². The molecular weight excluding hydrogens is 200 g/mol. The van der Waals surface area contributed by atoms with Gasteiger partial charge in [-0.15, -0.1) is 0 Å². The van der Waals surface area contributed by atoms with Crippen LogP contribution in [-0.2, 0) is 0 Å². The number of hydrogen-bond acceptors (Lipinski definition) is 3. The molecule has 1 aromatic rings. The Morgan fingerprint density at radius 1 is 1.50 bits per heavy atom. The summed E-state index contributed by atoms with van der Waals surface area (Å²) in [7, 11) is 0. The average molecular weight is 220 g/mol. The molecule has 0 unspecified atom stereocenters. The molecular formula is C13H20N2O. The van der Waals surface area contributed by atoms with E-state index in [1.54, 1.807) is 6.20 Å². The van der Waals surface area contributed by atoms with Crippen LogP contribution in [0.5, 0.6) is 0 Å². The molecule has 0 aromatic carbocycles. The van der Waals surface area contributed by atoms with E-state index in [0.29, 0.717) is 6.54 Å². The molecule has 1 saturated carbocycles. The van der Waals surface area contributed by atoms with Gasteiger partial charge in [0.1, 0.15) is 0 Å². The third-order valence-corrected chi connectivity index (χ3v) is 3.46. The van der Waals surface area contributed by atoms with Crippen LogP contribution in [0.3, 0.4) is 0 Å². The van der Waals surface area contributed by atoms with Crippen LogP contribution in [0.25, 0.3) is 0 Å². The quantitative estimate of drug-likeness (QED) is 0.816. The summed E-state index contributed by atoms with van der Waals surface area (Å²) in [6.45, 7) is 2.79. The van der Waals surface area contributed by atoms with Gasteiger partial charge in [0, 0.05) is 25.0 Å². The summed E-state index contributed by atoms with van der Waals surface area (Å²) in [6, 6.07) is 4.25. The Kier molecular flexibility index (Phi) is 3.56. The van der Waals surface area contributed by atoms with Gasteiger partial charge in [-0.1, -0.05) is 18.9 Å². The van der Waals surface area contributed by atoms with Crippen LogP contribution in [0.4, 0.5) is 0 Å². The first-order chi connectivity index (χ1) is 7.70. The van der Waals surface area contributed by atoms with Gasteiger partial charge in [-0.2, -0.15) is 0 Å². The molecule has 0 bridgehead atoms. The molecule has 3 heteroatoms. The number of pyridine rings is 1. The normalized spacial score (nSPS) is 20.9. The Morgan fingerprint density at radius 3 is 2.88 bits per heavy atom. The SMILES string of the molecule is C[C@@H](NCC1(O)CCCC1)c1cccnc1. The number of nitrogens with one attached hydrogen (secondary N) is 1. The highest BCUT2D eigenvalue weighted by Crippen LogP contribution is 2.29. The molecule has 0 saturated heterocycles. The van der Waals surface area contributed by atoms with Gasteiger partial charge in [-0.25, -0.2) is 0 Å². The van der Waals surface area contributed by atoms with Crippen LogP contribution in [0.1, 0.15) is 44.2 Å². The van der Waals surface area contributed by atoms with Gasteiger partial charge in [0.2, 0.25) is 0 Å². The van der Waals surface area contributed by atoms with Crippen LogP contribution in [0, 0.1) is 0 Å². The largest absolute Gasteiger partial charge is 0.389 e. The maximum Gasteiger partial charge on any atom is 0.0771 e. The van der Waals surface area contributed by atoms with Crippen molar-refractivity contribution in [2.45, 2.75) is 44.2 Å². The minimum atomic E-state index is -0.476. The molecule has 1 atom stereocenters. The molecule has 2 N–H and O–H groups in total. The molecule has 1 aliphatic rings. The first-order valence-corrected chi connectivity index (χ1v) is 6.05. The summed E-state index contributed by atoms with van der Waals surface area (Å²) in [5.41, 5.74) is 0.695. The molecule has 2 rings (SSSR count). The number of nitrogens with zero attached hydrogens (tertiary/aromatic N) is 1. The number of hydrogen-bond donors (Lipinski definition) is 2. The van der Waals surface area contributed by atoms with Gasteiger partial charge >= 0.3 is 0 Å². The van der Waals surface area contributed by atoms with E-state index >= 15 is 0 Å². The van der Waals surface area contributed by atoms with Crippen LogP contribution in [0.2, 0.25) is 0 Å². The second kappa shape index (κ2) is 4.93. The van der Waals surface area contributed by atoms with Crippen LogP contribution >= 0.6 is 0 Å². The zero-order valence-electron chi connectivity index (χ0n) is 9.82. The van der Waals surface area contributed by atoms with E-state index in [1.165, 1.54) is 5.56 Å². The van der Waals surface area contributed by atoms with Crippen LogP contribution in [0.15, 0.2) is 24.5 Å². The monoisotopic (exact) mass is 220 g/mol. The van der Waals surface area contributed by atoms with Crippen molar-refractivity contribution < 1.29 is 5.11 Å². The summed E-state index contributed by atoms with van der Waals surface area (Å²) >= 11 is 0. The van der Waals surface area contributed by atoms with Crippen molar-refractivity contribution in [3.63, 3.8) is 0 Å². The summed E-state index contributed by atoms with van der Waals surface area (Å²) in [4.78, 5) is 4.10. The fraction of sp³-hybridized carbons (Fsp3) is 0.615. The molecule has 1 aromatic heterocycles. The minimum Gasteiger partial charge on any atom is -0.389 e. The molecule has 1 aliphatic carbocycles. The van der Waals surface area contributed by atoms with E-state index in [2.05, 4.69) is 23.3 Å². The lowest BCUT2D eigenvalue weighted by Gasteiger charge is -2.25.